The van der Waals surface area contributed by atoms with Crippen LogP contribution >= 0.6 is 0 Å². The number of nitrogens with one attached hydrogen (secondary N) is 1. The summed E-state index contributed by atoms with van der Waals surface area (Å²) in [7, 11) is 1.64. The lowest BCUT2D eigenvalue weighted by molar-refractivity contribution is 0.0950. The second-order valence-electron chi connectivity index (χ2n) is 6.22. The first-order valence-electron chi connectivity index (χ1n) is 8.56. The summed E-state index contributed by atoms with van der Waals surface area (Å²) in [6.07, 6.45) is 1.78. The molecule has 1 amide bonds. The van der Waals surface area contributed by atoms with Gasteiger partial charge in [-0.15, -0.1) is 0 Å². The number of rotatable bonds is 6. The van der Waals surface area contributed by atoms with Crippen LogP contribution in [0.2, 0.25) is 0 Å². The summed E-state index contributed by atoms with van der Waals surface area (Å²) in [5, 5.41) is 2.99. The number of carbonyl (C=O) groups excluding carboxylic acids is 1. The van der Waals surface area contributed by atoms with Gasteiger partial charge in [0, 0.05) is 24.1 Å². The van der Waals surface area contributed by atoms with E-state index in [2.05, 4.69) is 14.9 Å². The zero-order valence-corrected chi connectivity index (χ0v) is 15.3. The van der Waals surface area contributed by atoms with Crippen molar-refractivity contribution in [1.82, 2.24) is 14.9 Å². The van der Waals surface area contributed by atoms with Gasteiger partial charge in [-0.1, -0.05) is 18.2 Å². The van der Waals surface area contributed by atoms with Crippen molar-refractivity contribution in [3.8, 4) is 5.75 Å². The van der Waals surface area contributed by atoms with Crippen LogP contribution in [-0.4, -0.2) is 22.6 Å². The second kappa shape index (κ2) is 7.87. The van der Waals surface area contributed by atoms with Crippen LogP contribution in [0.3, 0.4) is 0 Å². The number of amides is 1. The SMILES string of the molecule is COc1ccc(CNC(=O)c2cc(C)n(Cc3ccccn3)c2C)cc1. The number of benzene rings is 1. The van der Waals surface area contributed by atoms with Crippen molar-refractivity contribution in [2.45, 2.75) is 26.9 Å². The summed E-state index contributed by atoms with van der Waals surface area (Å²) >= 11 is 0. The molecule has 0 aliphatic carbocycles. The molecule has 3 aromatic rings. The van der Waals surface area contributed by atoms with Crippen molar-refractivity contribution in [3.05, 3.63) is 82.9 Å². The third kappa shape index (κ3) is 3.94. The summed E-state index contributed by atoms with van der Waals surface area (Å²) in [5.41, 5.74) is 4.69. The molecule has 26 heavy (non-hydrogen) atoms. The van der Waals surface area contributed by atoms with Gasteiger partial charge in [-0.25, -0.2) is 0 Å². The van der Waals surface area contributed by atoms with E-state index < -0.39 is 0 Å². The first-order valence-corrected chi connectivity index (χ1v) is 8.56. The Morgan fingerprint density at radius 2 is 1.92 bits per heavy atom. The Balaban J connectivity index is 1.70. The van der Waals surface area contributed by atoms with Gasteiger partial charge in [-0.05, 0) is 49.7 Å². The van der Waals surface area contributed by atoms with Crippen LogP contribution in [0, 0.1) is 13.8 Å². The molecule has 1 N–H and O–H groups in total. The number of carbonyl (C=O) groups is 1. The summed E-state index contributed by atoms with van der Waals surface area (Å²) in [6, 6.07) is 15.5. The molecule has 134 valence electrons. The third-order valence-corrected chi connectivity index (χ3v) is 4.48. The topological polar surface area (TPSA) is 56.1 Å². The number of ether oxygens (including phenoxy) is 1. The molecule has 3 rings (SSSR count). The third-order valence-electron chi connectivity index (χ3n) is 4.48. The molecule has 0 aliphatic heterocycles. The maximum Gasteiger partial charge on any atom is 0.253 e. The summed E-state index contributed by atoms with van der Waals surface area (Å²) in [5.74, 6) is 0.735. The Kier molecular flexibility index (Phi) is 5.37. The number of pyridine rings is 1. The maximum atomic E-state index is 12.6. The molecule has 2 aromatic heterocycles. The molecule has 5 heteroatoms. The molecule has 5 nitrogen and oxygen atoms in total. The quantitative estimate of drug-likeness (QED) is 0.741. The van der Waals surface area contributed by atoms with Crippen LogP contribution in [0.1, 0.15) is 33.0 Å². The van der Waals surface area contributed by atoms with Gasteiger partial charge in [-0.2, -0.15) is 0 Å². The van der Waals surface area contributed by atoms with Crippen molar-refractivity contribution in [2.24, 2.45) is 0 Å². The minimum atomic E-state index is -0.0683. The van der Waals surface area contributed by atoms with E-state index in [0.717, 1.165) is 28.4 Å². The molecule has 0 bridgehead atoms. The molecule has 0 aliphatic rings. The summed E-state index contributed by atoms with van der Waals surface area (Å²) < 4.78 is 7.27. The lowest BCUT2D eigenvalue weighted by Crippen LogP contribution is -2.23. The average Bonchev–Trinajstić information content (AvgIpc) is 2.95. The Labute approximate surface area is 153 Å². The minimum absolute atomic E-state index is 0.0683. The molecule has 0 spiro atoms. The zero-order chi connectivity index (χ0) is 18.5. The predicted octanol–water partition coefficient (Wildman–Crippen LogP) is 3.49. The molecule has 2 heterocycles. The van der Waals surface area contributed by atoms with Gasteiger partial charge in [0.05, 0.1) is 24.9 Å². The van der Waals surface area contributed by atoms with E-state index in [1.54, 1.807) is 13.3 Å². The van der Waals surface area contributed by atoms with Crippen LogP contribution < -0.4 is 10.1 Å². The highest BCUT2D eigenvalue weighted by atomic mass is 16.5. The van der Waals surface area contributed by atoms with Gasteiger partial charge < -0.3 is 14.6 Å². The van der Waals surface area contributed by atoms with E-state index in [4.69, 9.17) is 4.74 Å². The molecule has 0 unspecified atom stereocenters. The van der Waals surface area contributed by atoms with Crippen LogP contribution in [0.5, 0.6) is 5.75 Å². The van der Waals surface area contributed by atoms with E-state index in [0.29, 0.717) is 18.7 Å². The van der Waals surface area contributed by atoms with Crippen molar-refractivity contribution in [2.75, 3.05) is 7.11 Å². The molecular formula is C21H23N3O2. The van der Waals surface area contributed by atoms with Crippen molar-refractivity contribution < 1.29 is 9.53 Å². The van der Waals surface area contributed by atoms with Gasteiger partial charge in [0.1, 0.15) is 5.75 Å². The fourth-order valence-corrected chi connectivity index (χ4v) is 2.95. The van der Waals surface area contributed by atoms with E-state index in [1.165, 1.54) is 0 Å². The second-order valence-corrected chi connectivity index (χ2v) is 6.22. The monoisotopic (exact) mass is 349 g/mol. The largest absolute Gasteiger partial charge is 0.497 e. The van der Waals surface area contributed by atoms with Crippen LogP contribution in [-0.2, 0) is 13.1 Å². The number of methoxy groups -OCH3 is 1. The van der Waals surface area contributed by atoms with Crippen molar-refractivity contribution in [3.63, 3.8) is 0 Å². The highest BCUT2D eigenvalue weighted by Crippen LogP contribution is 2.17. The fourth-order valence-electron chi connectivity index (χ4n) is 2.95. The fraction of sp³-hybridized carbons (Fsp3) is 0.238. The number of hydrogen-bond donors (Lipinski definition) is 1. The number of hydrogen-bond acceptors (Lipinski definition) is 3. The normalized spacial score (nSPS) is 10.6. The van der Waals surface area contributed by atoms with Gasteiger partial charge in [0.15, 0.2) is 0 Å². The van der Waals surface area contributed by atoms with E-state index >= 15 is 0 Å². The number of aryl methyl sites for hydroxylation is 1. The smallest absolute Gasteiger partial charge is 0.253 e. The van der Waals surface area contributed by atoms with Gasteiger partial charge in [-0.3, -0.25) is 9.78 Å². The summed E-state index contributed by atoms with van der Waals surface area (Å²) in [6.45, 7) is 5.12. The Hall–Kier alpha value is -3.08. The minimum Gasteiger partial charge on any atom is -0.497 e. The van der Waals surface area contributed by atoms with Gasteiger partial charge in [0.25, 0.3) is 5.91 Å². The van der Waals surface area contributed by atoms with Crippen LogP contribution in [0.4, 0.5) is 0 Å². The van der Waals surface area contributed by atoms with Gasteiger partial charge >= 0.3 is 0 Å². The Morgan fingerprint density at radius 3 is 2.58 bits per heavy atom. The average molecular weight is 349 g/mol. The molecule has 0 atom stereocenters. The van der Waals surface area contributed by atoms with Crippen LogP contribution in [0.15, 0.2) is 54.7 Å². The molecule has 0 saturated heterocycles. The maximum absolute atomic E-state index is 12.6. The standard InChI is InChI=1S/C21H23N3O2/c1-15-12-20(16(2)24(15)14-18-6-4-5-11-22-18)21(25)23-13-17-7-9-19(26-3)10-8-17/h4-12H,13-14H2,1-3H3,(H,23,25). The lowest BCUT2D eigenvalue weighted by Gasteiger charge is -2.10. The Morgan fingerprint density at radius 1 is 1.15 bits per heavy atom. The van der Waals surface area contributed by atoms with E-state index in [-0.39, 0.29) is 5.91 Å². The first-order chi connectivity index (χ1) is 12.6. The van der Waals surface area contributed by atoms with Gasteiger partial charge in [0.2, 0.25) is 0 Å². The highest BCUT2D eigenvalue weighted by Gasteiger charge is 2.16. The van der Waals surface area contributed by atoms with Crippen molar-refractivity contribution in [1.29, 1.82) is 0 Å². The number of aromatic nitrogens is 2. The predicted molar refractivity (Wildman–Crippen MR) is 101 cm³/mol. The Bertz CT molecular complexity index is 884. The molecular weight excluding hydrogens is 326 g/mol. The molecule has 0 saturated carbocycles. The molecule has 0 fully saturated rings. The zero-order valence-electron chi connectivity index (χ0n) is 15.3. The van der Waals surface area contributed by atoms with E-state index in [9.17, 15) is 4.79 Å². The molecule has 0 radical (unpaired) electrons. The highest BCUT2D eigenvalue weighted by molar-refractivity contribution is 5.95. The number of nitrogens with zero attached hydrogens (tertiary/aromatic N) is 2. The van der Waals surface area contributed by atoms with E-state index in [1.807, 2.05) is 62.4 Å². The lowest BCUT2D eigenvalue weighted by atomic mass is 10.2. The summed E-state index contributed by atoms with van der Waals surface area (Å²) in [4.78, 5) is 17.0. The molecule has 1 aromatic carbocycles. The van der Waals surface area contributed by atoms with Crippen LogP contribution in [0.25, 0.3) is 0 Å². The van der Waals surface area contributed by atoms with Crippen molar-refractivity contribution >= 4 is 5.91 Å². The first kappa shape index (κ1) is 17.7.